The first-order valence-electron chi connectivity index (χ1n) is 8.37. The summed E-state index contributed by atoms with van der Waals surface area (Å²) in [5.41, 5.74) is 3.06. The maximum atomic E-state index is 13.2. The summed E-state index contributed by atoms with van der Waals surface area (Å²) in [5, 5.41) is 13.6. The van der Waals surface area contributed by atoms with Crippen LogP contribution >= 0.6 is 12.2 Å². The van der Waals surface area contributed by atoms with Gasteiger partial charge in [0.2, 0.25) is 0 Å². The summed E-state index contributed by atoms with van der Waals surface area (Å²) in [6, 6.07) is 16.7. The number of amides is 1. The van der Waals surface area contributed by atoms with Gasteiger partial charge in [0.15, 0.2) is 0 Å². The van der Waals surface area contributed by atoms with Crippen molar-refractivity contribution < 1.29 is 9.53 Å². The van der Waals surface area contributed by atoms with Crippen molar-refractivity contribution in [3.8, 4) is 5.75 Å². The molecule has 0 radical (unpaired) electrons. The summed E-state index contributed by atoms with van der Waals surface area (Å²) in [7, 11) is 1.55. The van der Waals surface area contributed by atoms with Crippen LogP contribution in [0.25, 0.3) is 0 Å². The van der Waals surface area contributed by atoms with Crippen molar-refractivity contribution in [2.75, 3.05) is 12.4 Å². The first kappa shape index (κ1) is 18.6. The van der Waals surface area contributed by atoms with Gasteiger partial charge >= 0.3 is 0 Å². The maximum absolute atomic E-state index is 13.2. The Morgan fingerprint density at radius 2 is 1.85 bits per heavy atom. The van der Waals surface area contributed by atoms with Crippen molar-refractivity contribution in [1.29, 1.82) is 5.41 Å². The fourth-order valence-corrected chi connectivity index (χ4v) is 3.47. The molecule has 1 amide bonds. The maximum Gasteiger partial charge on any atom is 0.254 e. The summed E-state index contributed by atoms with van der Waals surface area (Å²) in [5.74, 6) is 2.24. The largest absolute Gasteiger partial charge is 0.495 e. The molecule has 1 atom stereocenters. The molecule has 2 aromatic carbocycles. The second-order valence-electron chi connectivity index (χ2n) is 6.03. The summed E-state index contributed by atoms with van der Waals surface area (Å²) >= 11 is 5.37. The third-order valence-corrected chi connectivity index (χ3v) is 4.72. The zero-order valence-corrected chi connectivity index (χ0v) is 15.8. The molecule has 1 heterocycles. The van der Waals surface area contributed by atoms with Crippen LogP contribution in [0.15, 0.2) is 71.4 Å². The fraction of sp³-hybridized carbons (Fsp3) is 0.143. The zero-order chi connectivity index (χ0) is 19.4. The molecule has 27 heavy (non-hydrogen) atoms. The number of hydrogen-bond acceptors (Lipinski definition) is 4. The molecule has 0 aliphatic carbocycles. The van der Waals surface area contributed by atoms with E-state index in [1.54, 1.807) is 26.2 Å². The van der Waals surface area contributed by atoms with E-state index in [2.05, 4.69) is 16.5 Å². The molecule has 1 aliphatic rings. The van der Waals surface area contributed by atoms with Crippen molar-refractivity contribution >= 4 is 34.7 Å². The second kappa shape index (κ2) is 7.99. The minimum absolute atomic E-state index is 0.284. The highest BCUT2D eigenvalue weighted by molar-refractivity contribution is 7.80. The van der Waals surface area contributed by atoms with E-state index < -0.39 is 5.92 Å². The van der Waals surface area contributed by atoms with Crippen LogP contribution in [-0.2, 0) is 4.79 Å². The molecule has 0 unspecified atom stereocenters. The van der Waals surface area contributed by atoms with Crippen LogP contribution in [0.4, 0.5) is 5.69 Å². The van der Waals surface area contributed by atoms with E-state index in [-0.39, 0.29) is 5.91 Å². The highest BCUT2D eigenvalue weighted by Gasteiger charge is 2.34. The third-order valence-electron chi connectivity index (χ3n) is 4.39. The van der Waals surface area contributed by atoms with Crippen LogP contribution in [0.2, 0.25) is 0 Å². The summed E-state index contributed by atoms with van der Waals surface area (Å²) in [6.07, 6.45) is 0. The zero-order valence-electron chi connectivity index (χ0n) is 15.0. The number of para-hydroxylation sites is 2. The van der Waals surface area contributed by atoms with Gasteiger partial charge in [-0.3, -0.25) is 10.2 Å². The lowest BCUT2D eigenvalue weighted by atomic mass is 9.81. The SMILES string of the molecule is COc1ccccc1NC(=O)C1=C(C)NC(=S)C(=C=N)[C@@H]1c1ccccc1. The van der Waals surface area contributed by atoms with Crippen LogP contribution < -0.4 is 15.4 Å². The number of carbonyl (C=O) groups is 1. The monoisotopic (exact) mass is 377 g/mol. The summed E-state index contributed by atoms with van der Waals surface area (Å²) in [6.45, 7) is 1.81. The van der Waals surface area contributed by atoms with E-state index in [4.69, 9.17) is 22.4 Å². The first-order chi connectivity index (χ1) is 13.1. The Bertz CT molecular complexity index is 976. The number of allylic oxidation sites excluding steroid dienone is 1. The standard InChI is InChI=1S/C21H19N3O2S/c1-13-18(20(25)24-16-10-6-7-11-17(16)26-2)19(14-8-4-3-5-9-14)15(12-22)21(27)23-13/h3-11,19,22H,1-2H3,(H,23,27)(H,24,25)/t19-/m0/s1. The minimum Gasteiger partial charge on any atom is -0.495 e. The number of nitrogens with one attached hydrogen (secondary N) is 3. The smallest absolute Gasteiger partial charge is 0.254 e. The Kier molecular flexibility index (Phi) is 5.50. The average Bonchev–Trinajstić information content (AvgIpc) is 2.68. The molecular formula is C21H19N3O2S. The number of hydrogen-bond donors (Lipinski definition) is 3. The Hall–Kier alpha value is -3.21. The topological polar surface area (TPSA) is 74.2 Å². The van der Waals surface area contributed by atoms with E-state index in [1.807, 2.05) is 42.5 Å². The molecule has 0 spiro atoms. The molecule has 3 rings (SSSR count). The fourth-order valence-electron chi connectivity index (χ4n) is 3.14. The van der Waals surface area contributed by atoms with Crippen LogP contribution in [-0.4, -0.2) is 23.9 Å². The highest BCUT2D eigenvalue weighted by atomic mass is 32.1. The second-order valence-corrected chi connectivity index (χ2v) is 6.44. The molecule has 136 valence electrons. The van der Waals surface area contributed by atoms with Crippen LogP contribution in [0.1, 0.15) is 18.4 Å². The Labute approximate surface area is 163 Å². The third kappa shape index (κ3) is 3.67. The van der Waals surface area contributed by atoms with Crippen LogP contribution in [0.5, 0.6) is 5.75 Å². The Balaban J connectivity index is 2.07. The lowest BCUT2D eigenvalue weighted by Crippen LogP contribution is -2.36. The van der Waals surface area contributed by atoms with E-state index in [0.29, 0.717) is 33.3 Å². The van der Waals surface area contributed by atoms with Gasteiger partial charge in [0.25, 0.3) is 5.91 Å². The predicted molar refractivity (Wildman–Crippen MR) is 110 cm³/mol. The molecule has 0 saturated carbocycles. The number of carbonyl (C=O) groups excluding carboxylic acids is 1. The molecule has 1 aliphatic heterocycles. The minimum atomic E-state index is -0.466. The van der Waals surface area contributed by atoms with Crippen LogP contribution in [0.3, 0.4) is 0 Å². The van der Waals surface area contributed by atoms with Crippen molar-refractivity contribution in [3.05, 3.63) is 77.0 Å². The molecule has 0 bridgehead atoms. The van der Waals surface area contributed by atoms with Crippen LogP contribution in [0, 0.1) is 5.41 Å². The number of benzene rings is 2. The van der Waals surface area contributed by atoms with Gasteiger partial charge in [0.05, 0.1) is 24.3 Å². The lowest BCUT2D eigenvalue weighted by Gasteiger charge is -2.30. The van der Waals surface area contributed by atoms with Gasteiger partial charge in [-0.25, -0.2) is 0 Å². The van der Waals surface area contributed by atoms with Gasteiger partial charge in [-0.1, -0.05) is 54.7 Å². The highest BCUT2D eigenvalue weighted by Crippen LogP contribution is 2.37. The quantitative estimate of drug-likeness (QED) is 0.430. The molecule has 3 N–H and O–H groups in total. The van der Waals surface area contributed by atoms with E-state index >= 15 is 0 Å². The van der Waals surface area contributed by atoms with Gasteiger partial charge in [-0.05, 0) is 30.5 Å². The number of ether oxygens (including phenoxy) is 1. The number of thiocarbonyl (C=S) groups is 1. The lowest BCUT2D eigenvalue weighted by molar-refractivity contribution is -0.113. The Morgan fingerprint density at radius 1 is 1.19 bits per heavy atom. The Morgan fingerprint density at radius 3 is 2.52 bits per heavy atom. The van der Waals surface area contributed by atoms with E-state index in [0.717, 1.165) is 5.56 Å². The van der Waals surface area contributed by atoms with E-state index in [9.17, 15) is 4.79 Å². The predicted octanol–water partition coefficient (Wildman–Crippen LogP) is 3.80. The molecular weight excluding hydrogens is 358 g/mol. The van der Waals surface area contributed by atoms with Gasteiger partial charge in [0, 0.05) is 11.3 Å². The summed E-state index contributed by atoms with van der Waals surface area (Å²) in [4.78, 5) is 13.6. The average molecular weight is 377 g/mol. The molecule has 6 heteroatoms. The van der Waals surface area contributed by atoms with Crippen molar-refractivity contribution in [2.24, 2.45) is 0 Å². The number of anilines is 1. The van der Waals surface area contributed by atoms with Gasteiger partial charge in [-0.2, -0.15) is 0 Å². The van der Waals surface area contributed by atoms with Gasteiger partial charge in [-0.15, -0.1) is 0 Å². The molecule has 0 aromatic heterocycles. The molecule has 5 nitrogen and oxygen atoms in total. The van der Waals surface area contributed by atoms with Crippen molar-refractivity contribution in [3.63, 3.8) is 0 Å². The van der Waals surface area contributed by atoms with Crippen molar-refractivity contribution in [2.45, 2.75) is 12.8 Å². The summed E-state index contributed by atoms with van der Waals surface area (Å²) < 4.78 is 5.32. The molecule has 0 saturated heterocycles. The van der Waals surface area contributed by atoms with Crippen molar-refractivity contribution in [1.82, 2.24) is 5.32 Å². The molecule has 0 fully saturated rings. The van der Waals surface area contributed by atoms with E-state index in [1.165, 1.54) is 0 Å². The number of rotatable bonds is 4. The molecule has 2 aromatic rings. The normalized spacial score (nSPS) is 16.4. The number of methoxy groups -OCH3 is 1. The van der Waals surface area contributed by atoms with Gasteiger partial charge < -0.3 is 15.4 Å². The first-order valence-corrected chi connectivity index (χ1v) is 8.78. The van der Waals surface area contributed by atoms with Gasteiger partial charge in [0.1, 0.15) is 10.7 Å².